The Kier molecular flexibility index (Phi) is 7.12. The van der Waals surface area contributed by atoms with Crippen LogP contribution in [0.2, 0.25) is 0 Å². The fourth-order valence-corrected chi connectivity index (χ4v) is 4.40. The van der Waals surface area contributed by atoms with Gasteiger partial charge in [-0.25, -0.2) is 0 Å². The summed E-state index contributed by atoms with van der Waals surface area (Å²) < 4.78 is 16.3. The van der Waals surface area contributed by atoms with Crippen LogP contribution in [0.5, 0.6) is 11.5 Å². The van der Waals surface area contributed by atoms with E-state index in [2.05, 4.69) is 28.2 Å². The molecule has 1 aliphatic rings. The molecule has 6 heteroatoms. The Balaban J connectivity index is 1.22. The number of fused-ring (bicyclic) bond motifs is 1. The molecule has 1 aliphatic heterocycles. The predicted molar refractivity (Wildman–Crippen MR) is 122 cm³/mol. The lowest BCUT2D eigenvalue weighted by molar-refractivity contribution is 0.00623. The Bertz CT molecular complexity index is 961. The van der Waals surface area contributed by atoms with Crippen LogP contribution in [-0.2, 0) is 11.3 Å². The highest BCUT2D eigenvalue weighted by Gasteiger charge is 2.24. The number of nitrogens with zero attached hydrogens (tertiary/aromatic N) is 1. The van der Waals surface area contributed by atoms with Crippen molar-refractivity contribution in [2.45, 2.75) is 31.5 Å². The average Bonchev–Trinajstić information content (AvgIpc) is 3.23. The van der Waals surface area contributed by atoms with Crippen molar-refractivity contribution < 1.29 is 19.3 Å². The molecule has 1 aromatic heterocycles. The maximum atomic E-state index is 10.4. The molecule has 3 aromatic rings. The Hall–Kier alpha value is -2.54. The maximum absolute atomic E-state index is 10.4. The van der Waals surface area contributed by atoms with E-state index in [1.54, 1.807) is 14.2 Å². The van der Waals surface area contributed by atoms with Crippen molar-refractivity contribution in [2.75, 3.05) is 40.5 Å². The summed E-state index contributed by atoms with van der Waals surface area (Å²) in [4.78, 5) is 5.73. The molecule has 0 radical (unpaired) electrons. The standard InChI is InChI=1S/C25H32N2O4/c1-29-21-5-3-18(4-6-21)16-31-17-20(28)15-27-11-9-19(10-12-27)24-14-26-25-8-7-22(30-2)13-23(24)25/h3-8,13-14,19-20,26,28H,9-12,15-17H2,1-2H3. The maximum Gasteiger partial charge on any atom is 0.119 e. The number of rotatable bonds is 9. The molecule has 0 saturated carbocycles. The number of aliphatic hydroxyl groups excluding tert-OH is 1. The first-order valence-corrected chi connectivity index (χ1v) is 10.9. The second-order valence-electron chi connectivity index (χ2n) is 8.25. The van der Waals surface area contributed by atoms with Crippen molar-refractivity contribution in [1.82, 2.24) is 9.88 Å². The van der Waals surface area contributed by atoms with Gasteiger partial charge in [-0.05, 0) is 73.3 Å². The van der Waals surface area contributed by atoms with Crippen molar-refractivity contribution in [3.8, 4) is 11.5 Å². The number of aliphatic hydroxyl groups is 1. The first-order valence-electron chi connectivity index (χ1n) is 10.9. The van der Waals surface area contributed by atoms with Crippen LogP contribution in [0.1, 0.15) is 29.9 Å². The number of benzene rings is 2. The van der Waals surface area contributed by atoms with E-state index < -0.39 is 6.10 Å². The summed E-state index contributed by atoms with van der Waals surface area (Å²) in [6.45, 7) is 3.45. The smallest absolute Gasteiger partial charge is 0.119 e. The van der Waals surface area contributed by atoms with Crippen LogP contribution in [0.15, 0.2) is 48.7 Å². The van der Waals surface area contributed by atoms with E-state index in [0.29, 0.717) is 25.7 Å². The monoisotopic (exact) mass is 424 g/mol. The second kappa shape index (κ2) is 10.2. The number of piperidine rings is 1. The fourth-order valence-electron chi connectivity index (χ4n) is 4.40. The Morgan fingerprint density at radius 3 is 2.45 bits per heavy atom. The van der Waals surface area contributed by atoms with Gasteiger partial charge >= 0.3 is 0 Å². The average molecular weight is 425 g/mol. The molecular weight excluding hydrogens is 392 g/mol. The minimum absolute atomic E-state index is 0.341. The van der Waals surface area contributed by atoms with Crippen LogP contribution >= 0.6 is 0 Å². The first kappa shape index (κ1) is 21.7. The number of H-pyrrole nitrogens is 1. The van der Waals surface area contributed by atoms with E-state index in [-0.39, 0.29) is 0 Å². The number of β-amino-alcohol motifs (C(OH)–C–C–N with tert-alkyl or cyclic N) is 1. The van der Waals surface area contributed by atoms with Gasteiger partial charge < -0.3 is 29.2 Å². The molecule has 2 aromatic carbocycles. The van der Waals surface area contributed by atoms with Crippen LogP contribution in [0, 0.1) is 0 Å². The molecule has 0 aliphatic carbocycles. The van der Waals surface area contributed by atoms with Gasteiger partial charge in [-0.1, -0.05) is 12.1 Å². The number of aromatic nitrogens is 1. The molecule has 2 N–H and O–H groups in total. The Morgan fingerprint density at radius 1 is 1.03 bits per heavy atom. The lowest BCUT2D eigenvalue weighted by Gasteiger charge is -2.33. The number of hydrogen-bond acceptors (Lipinski definition) is 5. The van der Waals surface area contributed by atoms with Crippen molar-refractivity contribution >= 4 is 10.9 Å². The summed E-state index contributed by atoms with van der Waals surface area (Å²) in [6, 6.07) is 14.0. The normalized spacial score (nSPS) is 16.5. The minimum atomic E-state index is -0.479. The van der Waals surface area contributed by atoms with E-state index in [4.69, 9.17) is 14.2 Å². The van der Waals surface area contributed by atoms with Gasteiger partial charge in [0, 0.05) is 23.6 Å². The molecule has 1 fully saturated rings. The summed E-state index contributed by atoms with van der Waals surface area (Å²) in [6.07, 6.45) is 3.84. The van der Waals surface area contributed by atoms with Crippen LogP contribution in [0.25, 0.3) is 10.9 Å². The molecule has 0 amide bonds. The van der Waals surface area contributed by atoms with Crippen molar-refractivity contribution in [3.63, 3.8) is 0 Å². The second-order valence-corrected chi connectivity index (χ2v) is 8.25. The molecule has 0 bridgehead atoms. The van der Waals surface area contributed by atoms with E-state index in [1.165, 1.54) is 10.9 Å². The summed E-state index contributed by atoms with van der Waals surface area (Å²) in [7, 11) is 3.36. The largest absolute Gasteiger partial charge is 0.497 e. The molecule has 1 unspecified atom stereocenters. The number of hydrogen-bond donors (Lipinski definition) is 2. The number of methoxy groups -OCH3 is 2. The van der Waals surface area contributed by atoms with Gasteiger partial charge in [0.05, 0.1) is 33.5 Å². The summed E-state index contributed by atoms with van der Waals surface area (Å²) in [5, 5.41) is 11.7. The van der Waals surface area contributed by atoms with Crippen LogP contribution in [-0.4, -0.2) is 61.6 Å². The third kappa shape index (κ3) is 5.39. The van der Waals surface area contributed by atoms with Crippen LogP contribution in [0.3, 0.4) is 0 Å². The van der Waals surface area contributed by atoms with Gasteiger partial charge in [0.2, 0.25) is 0 Å². The highest BCUT2D eigenvalue weighted by molar-refractivity contribution is 5.85. The third-order valence-electron chi connectivity index (χ3n) is 6.16. The molecule has 0 spiro atoms. The van der Waals surface area contributed by atoms with E-state index in [9.17, 15) is 5.11 Å². The Morgan fingerprint density at radius 2 is 1.74 bits per heavy atom. The van der Waals surface area contributed by atoms with Gasteiger partial charge in [0.25, 0.3) is 0 Å². The zero-order valence-electron chi connectivity index (χ0n) is 18.3. The minimum Gasteiger partial charge on any atom is -0.497 e. The van der Waals surface area contributed by atoms with Crippen molar-refractivity contribution in [3.05, 3.63) is 59.8 Å². The highest BCUT2D eigenvalue weighted by Crippen LogP contribution is 2.34. The topological polar surface area (TPSA) is 67.0 Å². The highest BCUT2D eigenvalue weighted by atomic mass is 16.5. The van der Waals surface area contributed by atoms with Crippen molar-refractivity contribution in [1.29, 1.82) is 0 Å². The van der Waals surface area contributed by atoms with Gasteiger partial charge in [0.1, 0.15) is 11.5 Å². The Labute approximate surface area is 183 Å². The first-order chi connectivity index (χ1) is 15.2. The molecule has 2 heterocycles. The lowest BCUT2D eigenvalue weighted by atomic mass is 9.89. The third-order valence-corrected chi connectivity index (χ3v) is 6.16. The summed E-state index contributed by atoms with van der Waals surface area (Å²) in [5.41, 5.74) is 3.60. The molecule has 166 valence electrons. The quantitative estimate of drug-likeness (QED) is 0.545. The molecule has 1 atom stereocenters. The number of nitrogens with one attached hydrogen (secondary N) is 1. The predicted octanol–water partition coefficient (Wildman–Crippen LogP) is 3.94. The van der Waals surface area contributed by atoms with Gasteiger partial charge in [0.15, 0.2) is 0 Å². The van der Waals surface area contributed by atoms with E-state index >= 15 is 0 Å². The fraction of sp³-hybridized carbons (Fsp3) is 0.440. The van der Waals surface area contributed by atoms with E-state index in [0.717, 1.165) is 48.5 Å². The molecule has 6 nitrogen and oxygen atoms in total. The lowest BCUT2D eigenvalue weighted by Crippen LogP contribution is -2.39. The summed E-state index contributed by atoms with van der Waals surface area (Å²) in [5.74, 6) is 2.25. The van der Waals surface area contributed by atoms with Crippen molar-refractivity contribution in [2.24, 2.45) is 0 Å². The van der Waals surface area contributed by atoms with Gasteiger partial charge in [-0.15, -0.1) is 0 Å². The molecule has 31 heavy (non-hydrogen) atoms. The molecular formula is C25H32N2O4. The van der Waals surface area contributed by atoms with Crippen LogP contribution in [0.4, 0.5) is 0 Å². The zero-order chi connectivity index (χ0) is 21.6. The number of aromatic amines is 1. The SMILES string of the molecule is COc1ccc(COCC(O)CN2CCC(c3c[nH]c4ccc(OC)cc34)CC2)cc1. The van der Waals surface area contributed by atoms with Gasteiger partial charge in [-0.3, -0.25) is 0 Å². The van der Waals surface area contributed by atoms with Crippen LogP contribution < -0.4 is 9.47 Å². The van der Waals surface area contributed by atoms with E-state index in [1.807, 2.05) is 30.3 Å². The number of ether oxygens (including phenoxy) is 3. The summed E-state index contributed by atoms with van der Waals surface area (Å²) >= 11 is 0. The van der Waals surface area contributed by atoms with Gasteiger partial charge in [-0.2, -0.15) is 0 Å². The molecule has 4 rings (SSSR count). The molecule has 1 saturated heterocycles. The zero-order valence-corrected chi connectivity index (χ0v) is 18.3. The number of likely N-dealkylation sites (tertiary alicyclic amines) is 1.